The second kappa shape index (κ2) is 11.4. The quantitative estimate of drug-likeness (QED) is 0.354. The highest BCUT2D eigenvalue weighted by atomic mass is 32.1. The summed E-state index contributed by atoms with van der Waals surface area (Å²) in [4.78, 5) is 28.7. The molecule has 0 saturated carbocycles. The summed E-state index contributed by atoms with van der Waals surface area (Å²) < 4.78 is 22.5. The molecular weight excluding hydrogens is 514 g/mol. The second-order valence-electron chi connectivity index (χ2n) is 9.55. The largest absolute Gasteiger partial charge is 0.493 e. The van der Waals surface area contributed by atoms with Gasteiger partial charge in [0.15, 0.2) is 17.3 Å². The molecule has 0 fully saturated rings. The number of dihydropyridines is 1. The Morgan fingerprint density at radius 3 is 2.31 bits per heavy atom. The van der Waals surface area contributed by atoms with Crippen LogP contribution in [0.1, 0.15) is 47.6 Å². The summed E-state index contributed by atoms with van der Waals surface area (Å²) in [6, 6.07) is 17.2. The Hall–Kier alpha value is -4.04. The number of ketones is 1. The smallest absolute Gasteiger partial charge is 0.337 e. The molecule has 0 radical (unpaired) electrons. The lowest BCUT2D eigenvalue weighted by molar-refractivity contribution is -0.140. The number of nitrogens with one attached hydrogen (secondary N) is 1. The van der Waals surface area contributed by atoms with E-state index in [0.29, 0.717) is 52.5 Å². The third kappa shape index (κ3) is 5.16. The predicted molar refractivity (Wildman–Crippen MR) is 149 cm³/mol. The number of benzene rings is 2. The number of esters is 1. The lowest BCUT2D eigenvalue weighted by Crippen LogP contribution is -2.36. The second-order valence-corrected chi connectivity index (χ2v) is 10.5. The van der Waals surface area contributed by atoms with E-state index in [0.717, 1.165) is 11.3 Å². The first-order valence-electron chi connectivity index (χ1n) is 12.7. The summed E-state index contributed by atoms with van der Waals surface area (Å²) in [6.07, 6.45) is 1.04. The predicted octanol–water partition coefficient (Wildman–Crippen LogP) is 5.88. The molecule has 2 aliphatic rings. The van der Waals surface area contributed by atoms with E-state index in [9.17, 15) is 9.59 Å². The molecule has 2 heterocycles. The van der Waals surface area contributed by atoms with Crippen LogP contribution >= 0.6 is 11.3 Å². The molecule has 3 aromatic rings. The highest BCUT2D eigenvalue weighted by Crippen LogP contribution is 2.49. The first-order valence-corrected chi connectivity index (χ1v) is 13.6. The minimum Gasteiger partial charge on any atom is -0.493 e. The van der Waals surface area contributed by atoms with Crippen molar-refractivity contribution in [1.82, 2.24) is 5.32 Å². The van der Waals surface area contributed by atoms with Crippen LogP contribution in [0.3, 0.4) is 0 Å². The molecule has 1 aromatic heterocycles. The van der Waals surface area contributed by atoms with Gasteiger partial charge in [-0.2, -0.15) is 0 Å². The Morgan fingerprint density at radius 2 is 1.69 bits per heavy atom. The Labute approximate surface area is 232 Å². The van der Waals surface area contributed by atoms with Gasteiger partial charge in [0, 0.05) is 40.1 Å². The molecule has 0 saturated heterocycles. The number of Topliss-reactive ketones (excluding diaryl/α,β-unsaturated/α-hetero) is 1. The van der Waals surface area contributed by atoms with Gasteiger partial charge in [-0.05, 0) is 48.1 Å². The summed E-state index contributed by atoms with van der Waals surface area (Å²) >= 11 is 1.66. The number of carbonyl (C=O) groups is 2. The zero-order valence-electron chi connectivity index (χ0n) is 22.4. The van der Waals surface area contributed by atoms with Crippen LogP contribution in [0.2, 0.25) is 0 Å². The minimum absolute atomic E-state index is 0.00163. The van der Waals surface area contributed by atoms with Gasteiger partial charge in [0.25, 0.3) is 0 Å². The van der Waals surface area contributed by atoms with Crippen LogP contribution in [0.4, 0.5) is 0 Å². The topological polar surface area (TPSA) is 83.1 Å². The third-order valence-electron chi connectivity index (χ3n) is 7.23. The summed E-state index contributed by atoms with van der Waals surface area (Å²) in [6.45, 7) is 1.98. The van der Waals surface area contributed by atoms with Crippen LogP contribution in [0.15, 0.2) is 82.5 Å². The normalized spacial score (nSPS) is 18.8. The molecule has 0 spiro atoms. The van der Waals surface area contributed by atoms with Crippen LogP contribution in [-0.4, -0.2) is 33.1 Å². The zero-order valence-corrected chi connectivity index (χ0v) is 23.2. The highest BCUT2D eigenvalue weighted by Gasteiger charge is 2.42. The van der Waals surface area contributed by atoms with Crippen molar-refractivity contribution in [3.8, 4) is 17.2 Å². The van der Waals surface area contributed by atoms with Crippen LogP contribution in [-0.2, 0) is 20.9 Å². The van der Waals surface area contributed by atoms with Crippen LogP contribution < -0.4 is 19.5 Å². The Kier molecular flexibility index (Phi) is 7.74. The lowest BCUT2D eigenvalue weighted by Gasteiger charge is -2.36. The number of ether oxygens (including phenoxy) is 4. The van der Waals surface area contributed by atoms with Gasteiger partial charge in [0.05, 0.1) is 26.9 Å². The first-order chi connectivity index (χ1) is 18.9. The number of hydrogen-bond donors (Lipinski definition) is 1. The molecule has 39 heavy (non-hydrogen) atoms. The SMILES string of the molecule is COc1cc([C@@H]2C(C(=O)OCc3ccccc3)=C(C)NC3=C2C(=O)C[C@@H](c2cccs2)C3)cc(OC)c1OC. The summed E-state index contributed by atoms with van der Waals surface area (Å²) in [5.74, 6) is 0.278. The average molecular weight is 546 g/mol. The summed E-state index contributed by atoms with van der Waals surface area (Å²) in [5, 5.41) is 5.43. The molecule has 8 heteroatoms. The van der Waals surface area contributed by atoms with E-state index in [1.807, 2.05) is 48.7 Å². The maximum atomic E-state index is 13.8. The fourth-order valence-corrected chi connectivity index (χ4v) is 6.27. The van der Waals surface area contributed by atoms with Gasteiger partial charge in [-0.3, -0.25) is 4.79 Å². The monoisotopic (exact) mass is 545 g/mol. The fraction of sp³-hybridized carbons (Fsp3) is 0.290. The van der Waals surface area contributed by atoms with Gasteiger partial charge in [-0.25, -0.2) is 4.79 Å². The van der Waals surface area contributed by atoms with E-state index in [2.05, 4.69) is 11.4 Å². The lowest BCUT2D eigenvalue weighted by atomic mass is 9.72. The number of carbonyl (C=O) groups excluding carboxylic acids is 2. The van der Waals surface area contributed by atoms with Crippen molar-refractivity contribution in [3.63, 3.8) is 0 Å². The molecule has 5 rings (SSSR count). The maximum Gasteiger partial charge on any atom is 0.337 e. The van der Waals surface area contributed by atoms with Gasteiger partial charge < -0.3 is 24.3 Å². The van der Waals surface area contributed by atoms with Crippen molar-refractivity contribution < 1.29 is 28.5 Å². The molecule has 1 aliphatic heterocycles. The van der Waals surface area contributed by atoms with Crippen LogP contribution in [0, 0.1) is 0 Å². The van der Waals surface area contributed by atoms with Crippen molar-refractivity contribution in [2.45, 2.75) is 38.2 Å². The summed E-state index contributed by atoms with van der Waals surface area (Å²) in [5.41, 5.74) is 4.03. The molecule has 2 atom stereocenters. The van der Waals surface area contributed by atoms with Gasteiger partial charge in [-0.1, -0.05) is 36.4 Å². The zero-order chi connectivity index (χ0) is 27.5. The number of thiophene rings is 1. The Morgan fingerprint density at radius 1 is 0.974 bits per heavy atom. The van der Waals surface area contributed by atoms with Gasteiger partial charge >= 0.3 is 5.97 Å². The minimum atomic E-state index is -0.657. The van der Waals surface area contributed by atoms with E-state index < -0.39 is 11.9 Å². The van der Waals surface area contributed by atoms with Gasteiger partial charge in [0.2, 0.25) is 5.75 Å². The van der Waals surface area contributed by atoms with Gasteiger partial charge in [0.1, 0.15) is 6.61 Å². The molecular formula is C31H31NO6S. The molecule has 1 aliphatic carbocycles. The van der Waals surface area contributed by atoms with Gasteiger partial charge in [-0.15, -0.1) is 11.3 Å². The summed E-state index contributed by atoms with van der Waals surface area (Å²) in [7, 11) is 4.63. The number of hydrogen-bond acceptors (Lipinski definition) is 8. The highest BCUT2D eigenvalue weighted by molar-refractivity contribution is 7.10. The van der Waals surface area contributed by atoms with E-state index in [1.54, 1.807) is 37.7 Å². The van der Waals surface area contributed by atoms with Crippen molar-refractivity contribution in [2.75, 3.05) is 21.3 Å². The van der Waals surface area contributed by atoms with E-state index in [4.69, 9.17) is 18.9 Å². The van der Waals surface area contributed by atoms with Crippen LogP contribution in [0.5, 0.6) is 17.2 Å². The van der Waals surface area contributed by atoms with Crippen molar-refractivity contribution in [3.05, 3.63) is 98.5 Å². The van der Waals surface area contributed by atoms with E-state index >= 15 is 0 Å². The molecule has 7 nitrogen and oxygen atoms in total. The van der Waals surface area contributed by atoms with E-state index in [1.165, 1.54) is 12.0 Å². The first kappa shape index (κ1) is 26.6. The van der Waals surface area contributed by atoms with Crippen LogP contribution in [0.25, 0.3) is 0 Å². The standard InChI is InChI=1S/C31H31NO6S/c1-18-27(31(34)38-17-19-9-6-5-7-10-19)28(21-15-24(35-2)30(37-4)25(16-21)36-3)29-22(32-18)13-20(14-23(29)33)26-11-8-12-39-26/h5-12,15-16,20,28,32H,13-14,17H2,1-4H3/t20-,28+/m0/s1. The van der Waals surface area contributed by atoms with E-state index in [-0.39, 0.29) is 18.3 Å². The Bertz CT molecular complexity index is 1420. The van der Waals surface area contributed by atoms with Crippen molar-refractivity contribution >= 4 is 23.1 Å². The van der Waals surface area contributed by atoms with Crippen molar-refractivity contribution in [2.24, 2.45) is 0 Å². The Balaban J connectivity index is 1.60. The number of methoxy groups -OCH3 is 3. The van der Waals surface area contributed by atoms with Crippen molar-refractivity contribution in [1.29, 1.82) is 0 Å². The fourth-order valence-electron chi connectivity index (χ4n) is 5.44. The molecule has 0 unspecified atom stereocenters. The maximum absolute atomic E-state index is 13.8. The molecule has 0 amide bonds. The molecule has 0 bridgehead atoms. The third-order valence-corrected chi connectivity index (χ3v) is 8.26. The average Bonchev–Trinajstić information content (AvgIpc) is 3.50. The molecule has 1 N–H and O–H groups in total. The molecule has 202 valence electrons. The number of allylic oxidation sites excluding steroid dienone is 3. The molecule has 2 aromatic carbocycles. The number of rotatable bonds is 8.